The van der Waals surface area contributed by atoms with Gasteiger partial charge >= 0.3 is 0 Å². The van der Waals surface area contributed by atoms with E-state index in [0.29, 0.717) is 36.2 Å². The quantitative estimate of drug-likeness (QED) is 0.643. The lowest BCUT2D eigenvalue weighted by Gasteiger charge is -2.33. The molecular weight excluding hydrogens is 430 g/mol. The minimum absolute atomic E-state index is 0.0314. The Morgan fingerprint density at radius 2 is 2.16 bits per heavy atom. The van der Waals surface area contributed by atoms with Gasteiger partial charge in [0.05, 0.1) is 32.3 Å². The number of hydrogen-bond donors (Lipinski definition) is 1. The standard InChI is InChI=1S/C22H21N5O2S2/c1-11-18(31-12(2)24-11)16-9-30-21(25-16)26-17-4-3-13(7-23-17)20(29)27-8-14-5-15-6-22(15,10-27)19(14)28/h3-4,7,9,14-15H,5-6,8,10H2,1-2H3,(H,23,25,26)/t14-,15-,22-/m0/s1. The van der Waals surface area contributed by atoms with E-state index >= 15 is 0 Å². The van der Waals surface area contributed by atoms with Gasteiger partial charge in [-0.1, -0.05) is 0 Å². The van der Waals surface area contributed by atoms with Crippen LogP contribution in [0.4, 0.5) is 10.9 Å². The number of thiazole rings is 2. The van der Waals surface area contributed by atoms with Crippen LogP contribution in [-0.2, 0) is 4.79 Å². The SMILES string of the molecule is Cc1nc(C)c(-c2csc(Nc3ccc(C(=O)N4C[C@@H]5C[C@H]6C[C@@]6(C4)C5=O)cn3)n2)s1. The predicted octanol–water partition coefficient (Wildman–Crippen LogP) is 4.07. The van der Waals surface area contributed by atoms with Gasteiger partial charge in [-0.05, 0) is 44.7 Å². The lowest BCUT2D eigenvalue weighted by atomic mass is 9.90. The van der Waals surface area contributed by atoms with Gasteiger partial charge in [0.15, 0.2) is 5.13 Å². The van der Waals surface area contributed by atoms with Crippen LogP contribution in [0.25, 0.3) is 10.6 Å². The number of anilines is 2. The van der Waals surface area contributed by atoms with Crippen molar-refractivity contribution in [3.05, 3.63) is 40.0 Å². The van der Waals surface area contributed by atoms with Crippen molar-refractivity contribution in [2.24, 2.45) is 17.3 Å². The largest absolute Gasteiger partial charge is 0.337 e. The number of nitrogens with zero attached hydrogens (tertiary/aromatic N) is 4. The lowest BCUT2D eigenvalue weighted by Crippen LogP contribution is -2.48. The maximum atomic E-state index is 13.0. The molecule has 3 atom stereocenters. The first-order valence-corrected chi connectivity index (χ1v) is 12.1. The number of aryl methyl sites for hydroxylation is 2. The Labute approximate surface area is 187 Å². The molecule has 6 rings (SSSR count). The topological polar surface area (TPSA) is 88.1 Å². The number of aromatic nitrogens is 3. The number of ketones is 1. The van der Waals surface area contributed by atoms with Crippen LogP contribution in [0.1, 0.15) is 33.9 Å². The van der Waals surface area contributed by atoms with Crippen LogP contribution in [0.5, 0.6) is 0 Å². The van der Waals surface area contributed by atoms with Crippen molar-refractivity contribution >= 4 is 45.3 Å². The zero-order chi connectivity index (χ0) is 21.3. The molecule has 7 nitrogen and oxygen atoms in total. The van der Waals surface area contributed by atoms with E-state index in [4.69, 9.17) is 0 Å². The average molecular weight is 452 g/mol. The van der Waals surface area contributed by atoms with Gasteiger partial charge in [0, 0.05) is 30.6 Å². The lowest BCUT2D eigenvalue weighted by molar-refractivity contribution is -0.129. The van der Waals surface area contributed by atoms with Crippen molar-refractivity contribution < 1.29 is 9.59 Å². The van der Waals surface area contributed by atoms with Crippen molar-refractivity contribution in [3.63, 3.8) is 0 Å². The van der Waals surface area contributed by atoms with Gasteiger partial charge in [0.2, 0.25) is 0 Å². The van der Waals surface area contributed by atoms with E-state index in [1.54, 1.807) is 29.7 Å². The van der Waals surface area contributed by atoms with Gasteiger partial charge < -0.3 is 10.2 Å². The minimum Gasteiger partial charge on any atom is -0.337 e. The van der Waals surface area contributed by atoms with Crippen LogP contribution in [0.3, 0.4) is 0 Å². The molecule has 1 amide bonds. The molecule has 0 aromatic carbocycles. The second-order valence-electron chi connectivity index (χ2n) is 8.78. The Morgan fingerprint density at radius 3 is 2.87 bits per heavy atom. The van der Waals surface area contributed by atoms with Crippen LogP contribution in [0.15, 0.2) is 23.7 Å². The van der Waals surface area contributed by atoms with Gasteiger partial charge in [-0.25, -0.2) is 15.0 Å². The van der Waals surface area contributed by atoms with Crippen LogP contribution in [-0.4, -0.2) is 44.6 Å². The summed E-state index contributed by atoms with van der Waals surface area (Å²) in [5.74, 6) is 1.55. The minimum atomic E-state index is -0.217. The zero-order valence-corrected chi connectivity index (χ0v) is 18.8. The monoisotopic (exact) mass is 451 g/mol. The first kappa shape index (κ1) is 19.1. The van der Waals surface area contributed by atoms with E-state index < -0.39 is 0 Å². The number of rotatable bonds is 4. The molecule has 1 spiro atoms. The molecule has 4 heterocycles. The molecule has 31 heavy (non-hydrogen) atoms. The van der Waals surface area contributed by atoms with Gasteiger partial charge in [0.25, 0.3) is 5.91 Å². The summed E-state index contributed by atoms with van der Waals surface area (Å²) in [6, 6.07) is 3.60. The van der Waals surface area contributed by atoms with E-state index in [9.17, 15) is 9.59 Å². The molecule has 2 aliphatic carbocycles. The summed E-state index contributed by atoms with van der Waals surface area (Å²) in [4.78, 5) is 41.9. The molecule has 158 valence electrons. The molecule has 2 bridgehead atoms. The summed E-state index contributed by atoms with van der Waals surface area (Å²) in [6.45, 7) is 5.11. The predicted molar refractivity (Wildman–Crippen MR) is 120 cm³/mol. The van der Waals surface area contributed by atoms with Crippen LogP contribution >= 0.6 is 22.7 Å². The Kier molecular flexibility index (Phi) is 4.10. The number of carbonyl (C=O) groups excluding carboxylic acids is 2. The molecule has 0 unspecified atom stereocenters. The summed E-state index contributed by atoms with van der Waals surface area (Å²) >= 11 is 3.15. The maximum absolute atomic E-state index is 13.0. The second-order valence-corrected chi connectivity index (χ2v) is 10.8. The fraction of sp³-hybridized carbons (Fsp3) is 0.409. The first-order chi connectivity index (χ1) is 14.9. The molecule has 3 aromatic rings. The summed E-state index contributed by atoms with van der Waals surface area (Å²) in [5.41, 5.74) is 2.24. The summed E-state index contributed by atoms with van der Waals surface area (Å²) < 4.78 is 0. The molecule has 1 saturated heterocycles. The number of pyridine rings is 1. The number of piperidine rings is 1. The highest BCUT2D eigenvalue weighted by Gasteiger charge is 2.69. The van der Waals surface area contributed by atoms with E-state index in [1.165, 1.54) is 11.3 Å². The molecule has 0 radical (unpaired) electrons. The molecule has 3 aliphatic rings. The molecule has 2 saturated carbocycles. The number of nitrogens with one attached hydrogen (secondary N) is 1. The molecule has 3 fully saturated rings. The smallest absolute Gasteiger partial charge is 0.255 e. The number of carbonyl (C=O) groups is 2. The Hall–Kier alpha value is -2.65. The molecular formula is C22H21N5O2S2. The third-order valence-electron chi connectivity index (χ3n) is 6.75. The van der Waals surface area contributed by atoms with E-state index in [-0.39, 0.29) is 17.2 Å². The summed E-state index contributed by atoms with van der Waals surface area (Å²) in [5, 5.41) is 7.01. The maximum Gasteiger partial charge on any atom is 0.255 e. The van der Waals surface area contributed by atoms with Crippen molar-refractivity contribution in [1.82, 2.24) is 19.9 Å². The normalized spacial score (nSPS) is 26.1. The molecule has 1 aliphatic heterocycles. The van der Waals surface area contributed by atoms with Crippen LogP contribution in [0.2, 0.25) is 0 Å². The van der Waals surface area contributed by atoms with E-state index in [1.807, 2.05) is 24.1 Å². The van der Waals surface area contributed by atoms with Gasteiger partial charge in [0.1, 0.15) is 11.6 Å². The number of fused-ring (bicyclic) bond motifs is 1. The first-order valence-electron chi connectivity index (χ1n) is 10.4. The molecule has 1 N–H and O–H groups in total. The van der Waals surface area contributed by atoms with Crippen LogP contribution < -0.4 is 5.32 Å². The Morgan fingerprint density at radius 1 is 1.29 bits per heavy atom. The average Bonchev–Trinajstić information content (AvgIpc) is 2.96. The number of hydrogen-bond acceptors (Lipinski definition) is 8. The zero-order valence-electron chi connectivity index (χ0n) is 17.2. The van der Waals surface area contributed by atoms with Crippen molar-refractivity contribution in [2.75, 3.05) is 18.4 Å². The van der Waals surface area contributed by atoms with E-state index in [2.05, 4.69) is 20.3 Å². The highest BCUT2D eigenvalue weighted by atomic mass is 32.1. The number of amides is 1. The molecule has 3 aromatic heterocycles. The molecule has 9 heteroatoms. The third kappa shape index (κ3) is 3.02. The Balaban J connectivity index is 1.15. The van der Waals surface area contributed by atoms with E-state index in [0.717, 1.165) is 39.2 Å². The van der Waals surface area contributed by atoms with Gasteiger partial charge in [-0.2, -0.15) is 0 Å². The van der Waals surface area contributed by atoms with Crippen molar-refractivity contribution in [1.29, 1.82) is 0 Å². The summed E-state index contributed by atoms with van der Waals surface area (Å²) in [6.07, 6.45) is 3.53. The Bertz CT molecular complexity index is 1220. The van der Waals surface area contributed by atoms with Crippen molar-refractivity contribution in [3.8, 4) is 10.6 Å². The summed E-state index contributed by atoms with van der Waals surface area (Å²) in [7, 11) is 0. The highest BCUT2D eigenvalue weighted by Crippen LogP contribution is 2.65. The van der Waals surface area contributed by atoms with Gasteiger partial charge in [-0.15, -0.1) is 22.7 Å². The fourth-order valence-corrected chi connectivity index (χ4v) is 6.86. The van der Waals surface area contributed by atoms with Crippen molar-refractivity contribution in [2.45, 2.75) is 26.7 Å². The van der Waals surface area contributed by atoms with Crippen LogP contribution in [0, 0.1) is 31.1 Å². The number of Topliss-reactive ketones (excluding diaryl/α,β-unsaturated/α-hetero) is 1. The number of likely N-dealkylation sites (tertiary alicyclic amines) is 1. The fourth-order valence-electron chi connectivity index (χ4n) is 5.19. The second kappa shape index (κ2) is 6.67. The van der Waals surface area contributed by atoms with Gasteiger partial charge in [-0.3, -0.25) is 9.59 Å². The highest BCUT2D eigenvalue weighted by molar-refractivity contribution is 7.16. The third-order valence-corrected chi connectivity index (χ3v) is 8.60.